The molecule has 0 aliphatic heterocycles. The molecular weight excluding hydrogens is 294 g/mol. The van der Waals surface area contributed by atoms with E-state index in [1.54, 1.807) is 30.2 Å². The van der Waals surface area contributed by atoms with Crippen LogP contribution < -0.4 is 5.32 Å². The Morgan fingerprint density at radius 2 is 2.30 bits per heavy atom. The van der Waals surface area contributed by atoms with Crippen LogP contribution in [-0.2, 0) is 0 Å². The maximum absolute atomic E-state index is 11.8. The van der Waals surface area contributed by atoms with Gasteiger partial charge in [0.25, 0.3) is 0 Å². The van der Waals surface area contributed by atoms with Crippen LogP contribution in [0.1, 0.15) is 19.4 Å². The van der Waals surface area contributed by atoms with Gasteiger partial charge in [0, 0.05) is 30.4 Å². The van der Waals surface area contributed by atoms with Gasteiger partial charge in [-0.05, 0) is 13.0 Å². The standard InChI is InChI=1S/C15H15N7O/c1-10(3-5-16)22-8-11(7-20-22)13-12-4-6-21(15(23)17-2)14(12)19-9-18-13/h4,6-10H,3H2,1-2H3,(H,17,23)/t10-/m0/s1. The summed E-state index contributed by atoms with van der Waals surface area (Å²) in [7, 11) is 1.57. The number of amides is 1. The van der Waals surface area contributed by atoms with Gasteiger partial charge in [-0.1, -0.05) is 0 Å². The van der Waals surface area contributed by atoms with Crippen molar-refractivity contribution in [2.45, 2.75) is 19.4 Å². The SMILES string of the molecule is CNC(=O)n1ccc2c(-c3cnn([C@@H](C)CC#N)c3)ncnc21. The quantitative estimate of drug-likeness (QED) is 0.797. The molecule has 1 atom stereocenters. The number of carbonyl (C=O) groups is 1. The van der Waals surface area contributed by atoms with Gasteiger partial charge in [0.15, 0.2) is 5.65 Å². The molecule has 8 heteroatoms. The lowest BCUT2D eigenvalue weighted by atomic mass is 10.2. The van der Waals surface area contributed by atoms with Crippen molar-refractivity contribution >= 4 is 17.1 Å². The molecule has 23 heavy (non-hydrogen) atoms. The van der Waals surface area contributed by atoms with E-state index in [1.807, 2.05) is 13.1 Å². The van der Waals surface area contributed by atoms with E-state index >= 15 is 0 Å². The van der Waals surface area contributed by atoms with Crippen molar-refractivity contribution in [3.8, 4) is 17.3 Å². The Labute approximate surface area is 132 Å². The van der Waals surface area contributed by atoms with Crippen molar-refractivity contribution < 1.29 is 4.79 Å². The number of nitrogens with zero attached hydrogens (tertiary/aromatic N) is 6. The van der Waals surface area contributed by atoms with E-state index in [2.05, 4.69) is 26.5 Å². The van der Waals surface area contributed by atoms with Crippen LogP contribution in [0.2, 0.25) is 0 Å². The van der Waals surface area contributed by atoms with E-state index < -0.39 is 0 Å². The number of nitriles is 1. The summed E-state index contributed by atoms with van der Waals surface area (Å²) in [5.41, 5.74) is 2.05. The lowest BCUT2D eigenvalue weighted by Crippen LogP contribution is -2.23. The number of aromatic nitrogens is 5. The van der Waals surface area contributed by atoms with Gasteiger partial charge in [0.2, 0.25) is 0 Å². The van der Waals surface area contributed by atoms with Gasteiger partial charge in [-0.3, -0.25) is 9.25 Å². The highest BCUT2D eigenvalue weighted by atomic mass is 16.2. The number of rotatable bonds is 3. The summed E-state index contributed by atoms with van der Waals surface area (Å²) < 4.78 is 3.17. The summed E-state index contributed by atoms with van der Waals surface area (Å²) in [4.78, 5) is 20.4. The van der Waals surface area contributed by atoms with Crippen molar-refractivity contribution in [2.75, 3.05) is 7.05 Å². The number of hydrogen-bond acceptors (Lipinski definition) is 5. The van der Waals surface area contributed by atoms with Crippen molar-refractivity contribution in [3.05, 3.63) is 31.0 Å². The van der Waals surface area contributed by atoms with Crippen molar-refractivity contribution in [1.29, 1.82) is 5.26 Å². The van der Waals surface area contributed by atoms with E-state index in [4.69, 9.17) is 5.26 Å². The third-order valence-electron chi connectivity index (χ3n) is 3.63. The van der Waals surface area contributed by atoms with Gasteiger partial charge >= 0.3 is 6.03 Å². The minimum Gasteiger partial charge on any atom is -0.340 e. The van der Waals surface area contributed by atoms with E-state index in [-0.39, 0.29) is 12.1 Å². The molecule has 3 heterocycles. The monoisotopic (exact) mass is 309 g/mol. The summed E-state index contributed by atoms with van der Waals surface area (Å²) in [6.45, 7) is 1.93. The molecule has 0 bridgehead atoms. The molecule has 0 saturated carbocycles. The van der Waals surface area contributed by atoms with Crippen molar-refractivity contribution in [1.82, 2.24) is 29.6 Å². The van der Waals surface area contributed by atoms with Crippen LogP contribution in [0.15, 0.2) is 31.0 Å². The molecule has 0 unspecified atom stereocenters. The summed E-state index contributed by atoms with van der Waals surface area (Å²) in [5, 5.41) is 16.4. The van der Waals surface area contributed by atoms with E-state index in [1.165, 1.54) is 10.9 Å². The van der Waals surface area contributed by atoms with Crippen LogP contribution >= 0.6 is 0 Å². The zero-order valence-electron chi connectivity index (χ0n) is 12.8. The second-order valence-corrected chi connectivity index (χ2v) is 5.12. The molecule has 0 spiro atoms. The van der Waals surface area contributed by atoms with Crippen LogP contribution in [-0.4, -0.2) is 37.4 Å². The van der Waals surface area contributed by atoms with Gasteiger partial charge in [0.1, 0.15) is 6.33 Å². The highest BCUT2D eigenvalue weighted by Crippen LogP contribution is 2.26. The fraction of sp³-hybridized carbons (Fsp3) is 0.267. The normalized spacial score (nSPS) is 12.0. The second-order valence-electron chi connectivity index (χ2n) is 5.12. The maximum Gasteiger partial charge on any atom is 0.326 e. The Hall–Kier alpha value is -3.21. The first kappa shape index (κ1) is 14.7. The van der Waals surface area contributed by atoms with Gasteiger partial charge in [-0.15, -0.1) is 0 Å². The minimum atomic E-state index is -0.261. The molecule has 1 N–H and O–H groups in total. The lowest BCUT2D eigenvalue weighted by molar-refractivity contribution is 0.245. The van der Waals surface area contributed by atoms with Crippen LogP contribution in [0.5, 0.6) is 0 Å². The predicted molar refractivity (Wildman–Crippen MR) is 83.5 cm³/mol. The Morgan fingerprint density at radius 3 is 3.04 bits per heavy atom. The first-order valence-corrected chi connectivity index (χ1v) is 7.11. The summed E-state index contributed by atoms with van der Waals surface area (Å²) in [6.07, 6.45) is 7.01. The third-order valence-corrected chi connectivity index (χ3v) is 3.63. The molecular formula is C15H15N7O. The Bertz CT molecular complexity index is 902. The largest absolute Gasteiger partial charge is 0.340 e. The lowest BCUT2D eigenvalue weighted by Gasteiger charge is -2.06. The number of fused-ring (bicyclic) bond motifs is 1. The van der Waals surface area contributed by atoms with Gasteiger partial charge in [-0.2, -0.15) is 10.4 Å². The summed E-state index contributed by atoms with van der Waals surface area (Å²) >= 11 is 0. The van der Waals surface area contributed by atoms with Gasteiger partial charge in [0.05, 0.1) is 30.4 Å². The van der Waals surface area contributed by atoms with Crippen molar-refractivity contribution in [3.63, 3.8) is 0 Å². The Kier molecular flexibility index (Phi) is 3.76. The summed E-state index contributed by atoms with van der Waals surface area (Å²) in [6, 6.07) is 3.66. The van der Waals surface area contributed by atoms with E-state index in [9.17, 15) is 4.79 Å². The van der Waals surface area contributed by atoms with Crippen molar-refractivity contribution in [2.24, 2.45) is 0 Å². The Balaban J connectivity index is 2.06. The van der Waals surface area contributed by atoms with Crippen LogP contribution in [0.4, 0.5) is 4.79 Å². The fourth-order valence-electron chi connectivity index (χ4n) is 2.39. The molecule has 3 rings (SSSR count). The average Bonchev–Trinajstić information content (AvgIpc) is 3.21. The number of nitrogens with one attached hydrogen (secondary N) is 1. The van der Waals surface area contributed by atoms with Gasteiger partial charge in [-0.25, -0.2) is 14.8 Å². The molecule has 8 nitrogen and oxygen atoms in total. The molecule has 0 fully saturated rings. The molecule has 0 saturated heterocycles. The zero-order chi connectivity index (χ0) is 16.4. The topological polar surface area (TPSA) is 101 Å². The molecule has 1 amide bonds. The minimum absolute atomic E-state index is 0.0125. The molecule has 0 aromatic carbocycles. The molecule has 3 aromatic heterocycles. The first-order chi connectivity index (χ1) is 11.2. The van der Waals surface area contributed by atoms with E-state index in [0.29, 0.717) is 17.8 Å². The fourth-order valence-corrected chi connectivity index (χ4v) is 2.39. The van der Waals surface area contributed by atoms with Crippen LogP contribution in [0, 0.1) is 11.3 Å². The smallest absolute Gasteiger partial charge is 0.326 e. The Morgan fingerprint density at radius 1 is 1.48 bits per heavy atom. The molecule has 0 aliphatic rings. The molecule has 0 radical (unpaired) electrons. The van der Waals surface area contributed by atoms with E-state index in [0.717, 1.165) is 10.9 Å². The highest BCUT2D eigenvalue weighted by molar-refractivity contribution is 5.96. The maximum atomic E-state index is 11.8. The summed E-state index contributed by atoms with van der Waals surface area (Å²) in [5.74, 6) is 0. The molecule has 0 aliphatic carbocycles. The second kappa shape index (κ2) is 5.88. The average molecular weight is 309 g/mol. The van der Waals surface area contributed by atoms with Crippen LogP contribution in [0.25, 0.3) is 22.3 Å². The van der Waals surface area contributed by atoms with Crippen LogP contribution in [0.3, 0.4) is 0 Å². The van der Waals surface area contributed by atoms with Gasteiger partial charge < -0.3 is 5.32 Å². The number of hydrogen-bond donors (Lipinski definition) is 1. The number of carbonyl (C=O) groups excluding carboxylic acids is 1. The zero-order valence-corrected chi connectivity index (χ0v) is 12.8. The highest BCUT2D eigenvalue weighted by Gasteiger charge is 2.15. The molecule has 3 aromatic rings. The predicted octanol–water partition coefficient (Wildman–Crippen LogP) is 1.96. The third kappa shape index (κ3) is 2.53. The first-order valence-electron chi connectivity index (χ1n) is 7.11. The molecule has 116 valence electrons.